The monoisotopic (exact) mass is 402 g/mol. The summed E-state index contributed by atoms with van der Waals surface area (Å²) in [6.45, 7) is 0. The summed E-state index contributed by atoms with van der Waals surface area (Å²) in [4.78, 5) is 31.8. The topological polar surface area (TPSA) is 101 Å². The molecule has 2 saturated carbocycles. The minimum absolute atomic E-state index is 0.128. The highest BCUT2D eigenvalue weighted by Gasteiger charge is 2.33. The number of nitrogens with two attached hydrogens (primary N) is 1. The fraction of sp³-hybridized carbons (Fsp3) is 0.375. The van der Waals surface area contributed by atoms with Crippen LogP contribution in [0.3, 0.4) is 0 Å². The van der Waals surface area contributed by atoms with Crippen LogP contribution in [0.2, 0.25) is 0 Å². The minimum atomic E-state index is -0.128. The van der Waals surface area contributed by atoms with Gasteiger partial charge in [-0.25, -0.2) is 0 Å². The molecule has 0 amide bonds. The number of nitrogens with one attached hydrogen (secondary N) is 2. The van der Waals surface area contributed by atoms with Gasteiger partial charge in [-0.2, -0.15) is 0 Å². The van der Waals surface area contributed by atoms with Crippen molar-refractivity contribution in [1.29, 1.82) is 0 Å². The second-order valence-electron chi connectivity index (χ2n) is 8.61. The normalized spacial score (nSPS) is 21.5. The maximum atomic E-state index is 13.0. The zero-order valence-electron chi connectivity index (χ0n) is 16.9. The first kappa shape index (κ1) is 19.0. The first-order chi connectivity index (χ1) is 14.6. The molecule has 0 unspecified atom stereocenters. The van der Waals surface area contributed by atoms with Crippen LogP contribution in [0.25, 0.3) is 22.0 Å². The van der Waals surface area contributed by atoms with Gasteiger partial charge in [0.1, 0.15) is 0 Å². The molecule has 4 N–H and O–H groups in total. The molecule has 6 nitrogen and oxygen atoms in total. The second-order valence-corrected chi connectivity index (χ2v) is 8.61. The fourth-order valence-corrected chi connectivity index (χ4v) is 4.34. The molecule has 2 aliphatic rings. The van der Waals surface area contributed by atoms with Crippen molar-refractivity contribution >= 4 is 22.4 Å². The molecule has 2 aliphatic carbocycles. The summed E-state index contributed by atoms with van der Waals surface area (Å²) in [5, 5.41) is 4.63. The van der Waals surface area contributed by atoms with Gasteiger partial charge in [-0.1, -0.05) is 6.07 Å². The van der Waals surface area contributed by atoms with Crippen molar-refractivity contribution in [3.05, 3.63) is 58.6 Å². The first-order valence-corrected chi connectivity index (χ1v) is 10.8. The van der Waals surface area contributed by atoms with E-state index in [1.54, 1.807) is 12.4 Å². The Morgan fingerprint density at radius 3 is 2.50 bits per heavy atom. The van der Waals surface area contributed by atoms with Crippen molar-refractivity contribution in [2.75, 3.05) is 5.32 Å². The van der Waals surface area contributed by atoms with E-state index in [-0.39, 0.29) is 23.3 Å². The lowest BCUT2D eigenvalue weighted by Gasteiger charge is -2.29. The lowest BCUT2D eigenvalue weighted by Crippen LogP contribution is -2.33. The van der Waals surface area contributed by atoms with Crippen LogP contribution >= 0.6 is 0 Å². The molecule has 2 heterocycles. The molecule has 2 fully saturated rings. The van der Waals surface area contributed by atoms with Gasteiger partial charge in [-0.05, 0) is 67.9 Å². The number of benzene rings is 1. The number of H-pyrrole nitrogens is 1. The van der Waals surface area contributed by atoms with Gasteiger partial charge >= 0.3 is 0 Å². The van der Waals surface area contributed by atoms with Crippen LogP contribution in [0.5, 0.6) is 0 Å². The Morgan fingerprint density at radius 2 is 1.80 bits per heavy atom. The average molecular weight is 402 g/mol. The summed E-state index contributed by atoms with van der Waals surface area (Å²) in [5.74, 6) is 0.320. The summed E-state index contributed by atoms with van der Waals surface area (Å²) in [6.07, 6.45) is 9.37. The SMILES string of the molecule is N[C@H]1CC[C@H](Nc2c(C(=O)C3CC3)cnc3ccc(-c4ccc(=O)[nH]c4)cc23)CC1. The first-order valence-electron chi connectivity index (χ1n) is 10.8. The summed E-state index contributed by atoms with van der Waals surface area (Å²) in [6, 6.07) is 9.95. The number of aromatic nitrogens is 2. The van der Waals surface area contributed by atoms with Gasteiger partial charge in [0, 0.05) is 41.8 Å². The van der Waals surface area contributed by atoms with Crippen molar-refractivity contribution < 1.29 is 4.79 Å². The number of carbonyl (C=O) groups is 1. The van der Waals surface area contributed by atoms with Crippen LogP contribution in [0, 0.1) is 5.92 Å². The number of pyridine rings is 2. The van der Waals surface area contributed by atoms with Crippen LogP contribution in [-0.4, -0.2) is 27.8 Å². The third-order valence-electron chi connectivity index (χ3n) is 6.32. The Hall–Kier alpha value is -2.99. The molecule has 6 heteroatoms. The molecule has 0 aliphatic heterocycles. The Morgan fingerprint density at radius 1 is 1.03 bits per heavy atom. The Kier molecular flexibility index (Phi) is 4.87. The summed E-state index contributed by atoms with van der Waals surface area (Å²) >= 11 is 0. The quantitative estimate of drug-likeness (QED) is 0.563. The van der Waals surface area contributed by atoms with Crippen LogP contribution < -0.4 is 16.6 Å². The number of hydrogen-bond acceptors (Lipinski definition) is 5. The standard InChI is InChI=1S/C24H26N4O2/c25-17-5-7-18(8-6-17)28-23-19-11-15(16-4-10-22(29)27-12-16)3-9-21(19)26-13-20(23)24(30)14-1-2-14/h3-4,9-14,17-18H,1-2,5-8,25H2,(H,26,28)(H,27,29)/t17-,18-. The van der Waals surface area contributed by atoms with Gasteiger partial charge in [-0.3, -0.25) is 14.6 Å². The zero-order chi connectivity index (χ0) is 20.7. The molecule has 0 spiro atoms. The lowest BCUT2D eigenvalue weighted by atomic mass is 9.91. The van der Waals surface area contributed by atoms with Gasteiger partial charge in [0.05, 0.1) is 16.8 Å². The molecule has 2 aromatic heterocycles. The van der Waals surface area contributed by atoms with Gasteiger partial charge in [0.2, 0.25) is 5.56 Å². The smallest absolute Gasteiger partial charge is 0.247 e. The fourth-order valence-electron chi connectivity index (χ4n) is 4.34. The highest BCUT2D eigenvalue weighted by Crippen LogP contribution is 2.38. The third kappa shape index (κ3) is 3.75. The maximum Gasteiger partial charge on any atom is 0.247 e. The van der Waals surface area contributed by atoms with E-state index in [2.05, 4.69) is 21.4 Å². The molecule has 154 valence electrons. The largest absolute Gasteiger partial charge is 0.381 e. The molecular formula is C24H26N4O2. The van der Waals surface area contributed by atoms with Gasteiger partial charge in [0.15, 0.2) is 5.78 Å². The Labute approximate surface area is 174 Å². The van der Waals surface area contributed by atoms with Crippen LogP contribution in [0.15, 0.2) is 47.5 Å². The molecular weight excluding hydrogens is 376 g/mol. The lowest BCUT2D eigenvalue weighted by molar-refractivity contribution is 0.0968. The van der Waals surface area contributed by atoms with Gasteiger partial charge in [0.25, 0.3) is 0 Å². The number of aromatic amines is 1. The predicted octanol–water partition coefficient (Wildman–Crippen LogP) is 3.86. The van der Waals surface area contributed by atoms with E-state index in [9.17, 15) is 9.59 Å². The minimum Gasteiger partial charge on any atom is -0.381 e. The molecule has 0 saturated heterocycles. The molecule has 1 aromatic carbocycles. The number of anilines is 1. The van der Waals surface area contributed by atoms with Gasteiger partial charge in [-0.15, -0.1) is 0 Å². The second kappa shape index (κ2) is 7.69. The summed E-state index contributed by atoms with van der Waals surface area (Å²) < 4.78 is 0. The molecule has 3 aromatic rings. The summed E-state index contributed by atoms with van der Waals surface area (Å²) in [7, 11) is 0. The van der Waals surface area contributed by atoms with Gasteiger partial charge < -0.3 is 16.0 Å². The van der Waals surface area contributed by atoms with E-state index in [1.807, 2.05) is 18.2 Å². The number of hydrogen-bond donors (Lipinski definition) is 3. The third-order valence-corrected chi connectivity index (χ3v) is 6.32. The van der Waals surface area contributed by atoms with Crippen LogP contribution in [0.4, 0.5) is 5.69 Å². The van der Waals surface area contributed by atoms with E-state index < -0.39 is 0 Å². The van der Waals surface area contributed by atoms with E-state index >= 15 is 0 Å². The van der Waals surface area contributed by atoms with Crippen molar-refractivity contribution in [1.82, 2.24) is 9.97 Å². The van der Waals surface area contributed by atoms with Crippen molar-refractivity contribution in [3.8, 4) is 11.1 Å². The molecule has 0 bridgehead atoms. The summed E-state index contributed by atoms with van der Waals surface area (Å²) in [5.41, 5.74) is 10.3. The Bertz CT molecular complexity index is 1140. The van der Waals surface area contributed by atoms with E-state index in [0.29, 0.717) is 11.6 Å². The van der Waals surface area contributed by atoms with Crippen LogP contribution in [0.1, 0.15) is 48.9 Å². The molecule has 30 heavy (non-hydrogen) atoms. The number of carbonyl (C=O) groups excluding carboxylic acids is 1. The highest BCUT2D eigenvalue weighted by molar-refractivity contribution is 6.10. The molecule has 5 rings (SSSR count). The van der Waals surface area contributed by atoms with Crippen molar-refractivity contribution in [3.63, 3.8) is 0 Å². The Balaban J connectivity index is 1.60. The number of fused-ring (bicyclic) bond motifs is 1. The molecule has 0 radical (unpaired) electrons. The molecule has 0 atom stereocenters. The zero-order valence-corrected chi connectivity index (χ0v) is 16.9. The van der Waals surface area contributed by atoms with E-state index in [4.69, 9.17) is 5.73 Å². The number of nitrogens with zero attached hydrogens (tertiary/aromatic N) is 1. The predicted molar refractivity (Wildman–Crippen MR) is 119 cm³/mol. The van der Waals surface area contributed by atoms with Crippen molar-refractivity contribution in [2.45, 2.75) is 50.6 Å². The van der Waals surface area contributed by atoms with E-state index in [0.717, 1.165) is 66.2 Å². The highest BCUT2D eigenvalue weighted by atomic mass is 16.1. The number of rotatable bonds is 5. The number of Topliss-reactive ketones (excluding diaryl/α,β-unsaturated/α-hetero) is 1. The van der Waals surface area contributed by atoms with Crippen LogP contribution in [-0.2, 0) is 0 Å². The maximum absolute atomic E-state index is 13.0. The number of ketones is 1. The van der Waals surface area contributed by atoms with E-state index in [1.165, 1.54) is 6.07 Å². The van der Waals surface area contributed by atoms with Crippen molar-refractivity contribution in [2.24, 2.45) is 11.7 Å². The average Bonchev–Trinajstić information content (AvgIpc) is 3.61.